The maximum absolute atomic E-state index is 12.3. The standard InChI is InChI=1S/C15H27N3O3/c1-16(2)6-7-18-9-8-17(5-3-14(18)19)15(20)11-13-4-10-21-12-13/h13H,3-12H2,1-2H3. The van der Waals surface area contributed by atoms with Crippen molar-refractivity contribution in [2.24, 2.45) is 5.92 Å². The van der Waals surface area contributed by atoms with Gasteiger partial charge in [-0.2, -0.15) is 0 Å². The maximum atomic E-state index is 12.3. The van der Waals surface area contributed by atoms with Crippen LogP contribution in [0.25, 0.3) is 0 Å². The van der Waals surface area contributed by atoms with Crippen LogP contribution in [0.1, 0.15) is 19.3 Å². The summed E-state index contributed by atoms with van der Waals surface area (Å²) in [4.78, 5) is 30.2. The van der Waals surface area contributed by atoms with E-state index in [2.05, 4.69) is 4.90 Å². The number of amides is 2. The van der Waals surface area contributed by atoms with Crippen molar-refractivity contribution in [3.05, 3.63) is 0 Å². The monoisotopic (exact) mass is 297 g/mol. The number of rotatable bonds is 5. The fraction of sp³-hybridized carbons (Fsp3) is 0.867. The van der Waals surface area contributed by atoms with Crippen molar-refractivity contribution in [2.75, 3.05) is 60.0 Å². The molecule has 0 aromatic rings. The third kappa shape index (κ3) is 4.97. The van der Waals surface area contributed by atoms with E-state index in [1.807, 2.05) is 23.9 Å². The highest BCUT2D eigenvalue weighted by Gasteiger charge is 2.26. The molecule has 2 aliphatic heterocycles. The van der Waals surface area contributed by atoms with Gasteiger partial charge in [0.1, 0.15) is 0 Å². The molecular formula is C15H27N3O3. The Kier molecular flexibility index (Phi) is 5.99. The summed E-state index contributed by atoms with van der Waals surface area (Å²) in [6.07, 6.45) is 1.99. The summed E-state index contributed by atoms with van der Waals surface area (Å²) in [5.74, 6) is 0.699. The second-order valence-corrected chi connectivity index (χ2v) is 6.25. The van der Waals surface area contributed by atoms with E-state index in [0.29, 0.717) is 45.0 Å². The molecule has 1 unspecified atom stereocenters. The van der Waals surface area contributed by atoms with Gasteiger partial charge in [0.2, 0.25) is 11.8 Å². The summed E-state index contributed by atoms with van der Waals surface area (Å²) < 4.78 is 5.32. The van der Waals surface area contributed by atoms with E-state index in [1.165, 1.54) is 0 Å². The van der Waals surface area contributed by atoms with Crippen molar-refractivity contribution in [3.63, 3.8) is 0 Å². The topological polar surface area (TPSA) is 53.1 Å². The van der Waals surface area contributed by atoms with Gasteiger partial charge in [-0.15, -0.1) is 0 Å². The van der Waals surface area contributed by atoms with Crippen LogP contribution in [0, 0.1) is 5.92 Å². The van der Waals surface area contributed by atoms with Crippen LogP contribution >= 0.6 is 0 Å². The highest BCUT2D eigenvalue weighted by Crippen LogP contribution is 2.18. The SMILES string of the molecule is CN(C)CCN1CCN(C(=O)CC2CCOC2)CCC1=O. The van der Waals surface area contributed by atoms with Crippen molar-refractivity contribution in [1.29, 1.82) is 0 Å². The molecule has 2 aliphatic rings. The molecular weight excluding hydrogens is 270 g/mol. The Hall–Kier alpha value is -1.14. The van der Waals surface area contributed by atoms with Crippen molar-refractivity contribution >= 4 is 11.8 Å². The molecule has 0 aromatic heterocycles. The van der Waals surface area contributed by atoms with Crippen molar-refractivity contribution in [3.8, 4) is 0 Å². The van der Waals surface area contributed by atoms with E-state index in [-0.39, 0.29) is 11.8 Å². The zero-order valence-electron chi connectivity index (χ0n) is 13.2. The molecule has 2 fully saturated rings. The predicted octanol–water partition coefficient (Wildman–Crippen LogP) is 0.0355. The molecule has 6 nitrogen and oxygen atoms in total. The van der Waals surface area contributed by atoms with Gasteiger partial charge in [0.05, 0.1) is 0 Å². The van der Waals surface area contributed by atoms with Crippen LogP contribution in [0.2, 0.25) is 0 Å². The van der Waals surface area contributed by atoms with E-state index in [9.17, 15) is 9.59 Å². The molecule has 0 aliphatic carbocycles. The summed E-state index contributed by atoms with van der Waals surface area (Å²) in [6.45, 7) is 4.94. The number of likely N-dealkylation sites (N-methyl/N-ethyl adjacent to an activating group) is 1. The molecule has 2 rings (SSSR count). The van der Waals surface area contributed by atoms with Crippen LogP contribution < -0.4 is 0 Å². The number of carbonyl (C=O) groups is 2. The molecule has 2 amide bonds. The minimum Gasteiger partial charge on any atom is -0.381 e. The normalized spacial score (nSPS) is 23.8. The van der Waals surface area contributed by atoms with E-state index in [1.54, 1.807) is 0 Å². The molecule has 1 atom stereocenters. The van der Waals surface area contributed by atoms with Crippen molar-refractivity contribution in [1.82, 2.24) is 14.7 Å². The van der Waals surface area contributed by atoms with E-state index >= 15 is 0 Å². The Morgan fingerprint density at radius 1 is 1.33 bits per heavy atom. The Balaban J connectivity index is 1.81. The summed E-state index contributed by atoms with van der Waals surface area (Å²) >= 11 is 0. The third-order valence-electron chi connectivity index (χ3n) is 4.25. The van der Waals surface area contributed by atoms with Crippen LogP contribution in [0.4, 0.5) is 0 Å². The summed E-state index contributed by atoms with van der Waals surface area (Å²) in [7, 11) is 4.00. The smallest absolute Gasteiger partial charge is 0.224 e. The molecule has 0 radical (unpaired) electrons. The fourth-order valence-electron chi connectivity index (χ4n) is 2.79. The van der Waals surface area contributed by atoms with Gasteiger partial charge in [-0.25, -0.2) is 0 Å². The first-order valence-corrected chi connectivity index (χ1v) is 7.84. The molecule has 0 aromatic carbocycles. The van der Waals surface area contributed by atoms with Gasteiger partial charge >= 0.3 is 0 Å². The quantitative estimate of drug-likeness (QED) is 0.719. The van der Waals surface area contributed by atoms with Crippen LogP contribution in [0.5, 0.6) is 0 Å². The van der Waals surface area contributed by atoms with E-state index in [0.717, 1.165) is 26.1 Å². The highest BCUT2D eigenvalue weighted by atomic mass is 16.5. The number of nitrogens with zero attached hydrogens (tertiary/aromatic N) is 3. The lowest BCUT2D eigenvalue weighted by molar-refractivity contribution is -0.132. The minimum atomic E-state index is 0.163. The molecule has 0 bridgehead atoms. The van der Waals surface area contributed by atoms with Crippen LogP contribution in [-0.4, -0.2) is 86.5 Å². The zero-order chi connectivity index (χ0) is 15.2. The first-order valence-electron chi connectivity index (χ1n) is 7.84. The van der Waals surface area contributed by atoms with Crippen LogP contribution in [-0.2, 0) is 14.3 Å². The van der Waals surface area contributed by atoms with Gasteiger partial charge < -0.3 is 19.4 Å². The Bertz CT molecular complexity index is 367. The first kappa shape index (κ1) is 16.2. The third-order valence-corrected chi connectivity index (χ3v) is 4.25. The first-order chi connectivity index (χ1) is 10.1. The molecule has 2 saturated heterocycles. The fourth-order valence-corrected chi connectivity index (χ4v) is 2.79. The number of hydrogen-bond donors (Lipinski definition) is 0. The molecule has 0 N–H and O–H groups in total. The number of carbonyl (C=O) groups excluding carboxylic acids is 2. The second-order valence-electron chi connectivity index (χ2n) is 6.25. The Morgan fingerprint density at radius 2 is 2.14 bits per heavy atom. The average Bonchev–Trinajstić information content (AvgIpc) is 2.86. The molecule has 120 valence electrons. The van der Waals surface area contributed by atoms with Crippen molar-refractivity contribution < 1.29 is 14.3 Å². The summed E-state index contributed by atoms with van der Waals surface area (Å²) in [5, 5.41) is 0. The molecule has 2 heterocycles. The molecule has 0 spiro atoms. The average molecular weight is 297 g/mol. The molecule has 0 saturated carbocycles. The molecule has 6 heteroatoms. The zero-order valence-corrected chi connectivity index (χ0v) is 13.2. The maximum Gasteiger partial charge on any atom is 0.224 e. The van der Waals surface area contributed by atoms with E-state index in [4.69, 9.17) is 4.74 Å². The van der Waals surface area contributed by atoms with Gasteiger partial charge in [0.15, 0.2) is 0 Å². The number of ether oxygens (including phenoxy) is 1. The van der Waals surface area contributed by atoms with Gasteiger partial charge in [-0.1, -0.05) is 0 Å². The summed E-state index contributed by atoms with van der Waals surface area (Å²) in [6, 6.07) is 0. The molecule has 21 heavy (non-hydrogen) atoms. The second kappa shape index (κ2) is 7.75. The van der Waals surface area contributed by atoms with Crippen molar-refractivity contribution in [2.45, 2.75) is 19.3 Å². The van der Waals surface area contributed by atoms with Gasteiger partial charge in [0, 0.05) is 58.8 Å². The van der Waals surface area contributed by atoms with Gasteiger partial charge in [0.25, 0.3) is 0 Å². The lowest BCUT2D eigenvalue weighted by atomic mass is 10.0. The highest BCUT2D eigenvalue weighted by molar-refractivity contribution is 5.80. The lowest BCUT2D eigenvalue weighted by Crippen LogP contribution is -2.39. The minimum absolute atomic E-state index is 0.163. The lowest BCUT2D eigenvalue weighted by Gasteiger charge is -2.24. The van der Waals surface area contributed by atoms with Gasteiger partial charge in [-0.3, -0.25) is 9.59 Å². The van der Waals surface area contributed by atoms with Gasteiger partial charge in [-0.05, 0) is 26.4 Å². The number of hydrogen-bond acceptors (Lipinski definition) is 4. The van der Waals surface area contributed by atoms with E-state index < -0.39 is 0 Å². The Labute approximate surface area is 127 Å². The van der Waals surface area contributed by atoms with Crippen LogP contribution in [0.15, 0.2) is 0 Å². The van der Waals surface area contributed by atoms with Crippen LogP contribution in [0.3, 0.4) is 0 Å². The summed E-state index contributed by atoms with van der Waals surface area (Å²) in [5.41, 5.74) is 0. The largest absolute Gasteiger partial charge is 0.381 e. The predicted molar refractivity (Wildman–Crippen MR) is 79.9 cm³/mol. The Morgan fingerprint density at radius 3 is 2.81 bits per heavy atom.